The van der Waals surface area contributed by atoms with Crippen molar-refractivity contribution in [2.75, 3.05) is 32.7 Å². The third-order valence-corrected chi connectivity index (χ3v) is 4.56. The third-order valence-electron chi connectivity index (χ3n) is 4.56. The summed E-state index contributed by atoms with van der Waals surface area (Å²) in [7, 11) is 0. The van der Waals surface area contributed by atoms with Crippen LogP contribution in [0.4, 0.5) is 0 Å². The van der Waals surface area contributed by atoms with E-state index in [0.29, 0.717) is 19.1 Å². The molecule has 0 spiro atoms. The summed E-state index contributed by atoms with van der Waals surface area (Å²) in [6.45, 7) is 5.04. The molecule has 0 atom stereocenters. The van der Waals surface area contributed by atoms with Gasteiger partial charge in [-0.3, -0.25) is 9.69 Å². The molecule has 1 N–H and O–H groups in total. The molecule has 0 aromatic carbocycles. The van der Waals surface area contributed by atoms with E-state index in [1.807, 2.05) is 17.0 Å². The molecule has 2 aliphatic rings. The predicted octanol–water partition coefficient (Wildman–Crippen LogP) is 1.46. The normalized spacial score (nSPS) is 20.8. The monoisotopic (exact) mass is 291 g/mol. The number of rotatable bonds is 5. The molecule has 21 heavy (non-hydrogen) atoms. The van der Waals surface area contributed by atoms with E-state index in [1.165, 1.54) is 12.8 Å². The average molecular weight is 291 g/mol. The molecule has 1 saturated carbocycles. The second kappa shape index (κ2) is 7.09. The average Bonchev–Trinajstić information content (AvgIpc) is 3.19. The second-order valence-electron chi connectivity index (χ2n) is 6.07. The minimum Gasteiger partial charge on any atom is -0.467 e. The van der Waals surface area contributed by atoms with Gasteiger partial charge in [-0.2, -0.15) is 0 Å². The van der Waals surface area contributed by atoms with E-state index in [1.54, 1.807) is 6.26 Å². The maximum absolute atomic E-state index is 12.7. The van der Waals surface area contributed by atoms with Crippen molar-refractivity contribution in [1.82, 2.24) is 15.1 Å². The lowest BCUT2D eigenvalue weighted by Gasteiger charge is -2.32. The van der Waals surface area contributed by atoms with Crippen LogP contribution in [0, 0.1) is 0 Å². The zero-order chi connectivity index (χ0) is 14.5. The van der Waals surface area contributed by atoms with Crippen molar-refractivity contribution in [2.45, 2.75) is 38.3 Å². The van der Waals surface area contributed by atoms with Gasteiger partial charge in [0.15, 0.2) is 0 Å². The highest BCUT2D eigenvalue weighted by atomic mass is 16.3. The van der Waals surface area contributed by atoms with Crippen LogP contribution in [-0.2, 0) is 11.3 Å². The Labute approximate surface area is 126 Å². The summed E-state index contributed by atoms with van der Waals surface area (Å²) in [5.74, 6) is 1.13. The van der Waals surface area contributed by atoms with Gasteiger partial charge in [0.05, 0.1) is 19.4 Å². The zero-order valence-corrected chi connectivity index (χ0v) is 12.6. The van der Waals surface area contributed by atoms with Crippen molar-refractivity contribution in [3.63, 3.8) is 0 Å². The summed E-state index contributed by atoms with van der Waals surface area (Å²) in [4.78, 5) is 17.0. The van der Waals surface area contributed by atoms with Crippen LogP contribution in [0.25, 0.3) is 0 Å². The van der Waals surface area contributed by atoms with Crippen LogP contribution in [0.5, 0.6) is 0 Å². The van der Waals surface area contributed by atoms with Crippen LogP contribution in [-0.4, -0.2) is 54.5 Å². The van der Waals surface area contributed by atoms with Gasteiger partial charge in [0.1, 0.15) is 5.76 Å². The highest BCUT2D eigenvalue weighted by Crippen LogP contribution is 2.25. The van der Waals surface area contributed by atoms with E-state index in [4.69, 9.17) is 4.42 Å². The Morgan fingerprint density at radius 1 is 1.33 bits per heavy atom. The number of amides is 1. The SMILES string of the molecule is O=C(CN1CCNCC1)N(Cc1ccco1)C1CCCC1. The maximum Gasteiger partial charge on any atom is 0.237 e. The molecule has 1 aromatic heterocycles. The van der Waals surface area contributed by atoms with Gasteiger partial charge >= 0.3 is 0 Å². The van der Waals surface area contributed by atoms with E-state index < -0.39 is 0 Å². The van der Waals surface area contributed by atoms with Crippen molar-refractivity contribution in [3.8, 4) is 0 Å². The van der Waals surface area contributed by atoms with E-state index in [9.17, 15) is 4.79 Å². The molecule has 1 amide bonds. The minimum absolute atomic E-state index is 0.250. The Morgan fingerprint density at radius 2 is 2.10 bits per heavy atom. The van der Waals surface area contributed by atoms with Gasteiger partial charge in [0, 0.05) is 32.2 Å². The van der Waals surface area contributed by atoms with Crippen LogP contribution < -0.4 is 5.32 Å². The summed E-state index contributed by atoms with van der Waals surface area (Å²) in [6.07, 6.45) is 6.42. The summed E-state index contributed by atoms with van der Waals surface area (Å²) >= 11 is 0. The van der Waals surface area contributed by atoms with Gasteiger partial charge in [-0.1, -0.05) is 12.8 Å². The fourth-order valence-corrected chi connectivity index (χ4v) is 3.36. The number of hydrogen-bond donors (Lipinski definition) is 1. The molecule has 1 saturated heterocycles. The number of nitrogens with one attached hydrogen (secondary N) is 1. The van der Waals surface area contributed by atoms with Gasteiger partial charge in [-0.25, -0.2) is 0 Å². The van der Waals surface area contributed by atoms with Crippen LogP contribution in [0.3, 0.4) is 0 Å². The predicted molar refractivity (Wildman–Crippen MR) is 80.8 cm³/mol. The summed E-state index contributed by atoms with van der Waals surface area (Å²) in [5.41, 5.74) is 0. The van der Waals surface area contributed by atoms with Gasteiger partial charge in [-0.15, -0.1) is 0 Å². The summed E-state index contributed by atoms with van der Waals surface area (Å²) < 4.78 is 5.45. The zero-order valence-electron chi connectivity index (χ0n) is 12.6. The standard InChI is InChI=1S/C16H25N3O2/c20-16(13-18-9-7-17-8-10-18)19(14-4-1-2-5-14)12-15-6-3-11-21-15/h3,6,11,14,17H,1-2,4-5,7-10,12-13H2. The molecule has 116 valence electrons. The molecular formula is C16H25N3O2. The second-order valence-corrected chi connectivity index (χ2v) is 6.07. The first-order chi connectivity index (χ1) is 10.3. The first-order valence-electron chi connectivity index (χ1n) is 8.08. The molecule has 1 aliphatic heterocycles. The molecule has 0 unspecified atom stereocenters. The number of nitrogens with zero attached hydrogens (tertiary/aromatic N) is 2. The number of carbonyl (C=O) groups is 1. The maximum atomic E-state index is 12.7. The van der Waals surface area contributed by atoms with Gasteiger partial charge in [0.25, 0.3) is 0 Å². The number of hydrogen-bond acceptors (Lipinski definition) is 4. The number of piperazine rings is 1. The molecule has 2 fully saturated rings. The first-order valence-corrected chi connectivity index (χ1v) is 8.08. The Balaban J connectivity index is 1.63. The van der Waals surface area contributed by atoms with Gasteiger partial charge in [-0.05, 0) is 25.0 Å². The van der Waals surface area contributed by atoms with Crippen molar-refractivity contribution in [2.24, 2.45) is 0 Å². The van der Waals surface area contributed by atoms with Crippen molar-refractivity contribution >= 4 is 5.91 Å². The van der Waals surface area contributed by atoms with E-state index in [-0.39, 0.29) is 5.91 Å². The lowest BCUT2D eigenvalue weighted by Crippen LogP contribution is -2.49. The molecule has 1 aromatic rings. The van der Waals surface area contributed by atoms with Gasteiger partial charge in [0.2, 0.25) is 5.91 Å². The summed E-state index contributed by atoms with van der Waals surface area (Å²) in [5, 5.41) is 3.33. The highest BCUT2D eigenvalue weighted by molar-refractivity contribution is 5.78. The molecule has 0 bridgehead atoms. The molecule has 1 aliphatic carbocycles. The topological polar surface area (TPSA) is 48.7 Å². The fourth-order valence-electron chi connectivity index (χ4n) is 3.36. The minimum atomic E-state index is 0.250. The highest BCUT2D eigenvalue weighted by Gasteiger charge is 2.28. The fraction of sp³-hybridized carbons (Fsp3) is 0.688. The number of carbonyl (C=O) groups excluding carboxylic acids is 1. The quantitative estimate of drug-likeness (QED) is 0.892. The van der Waals surface area contributed by atoms with Crippen LogP contribution in [0.1, 0.15) is 31.4 Å². The van der Waals surface area contributed by atoms with E-state index >= 15 is 0 Å². The Hall–Kier alpha value is -1.33. The third kappa shape index (κ3) is 3.86. The summed E-state index contributed by atoms with van der Waals surface area (Å²) in [6, 6.07) is 4.24. The molecular weight excluding hydrogens is 266 g/mol. The first kappa shape index (κ1) is 14.6. The van der Waals surface area contributed by atoms with Crippen LogP contribution in [0.15, 0.2) is 22.8 Å². The van der Waals surface area contributed by atoms with E-state index in [0.717, 1.165) is 44.8 Å². The van der Waals surface area contributed by atoms with E-state index in [2.05, 4.69) is 10.2 Å². The Bertz CT molecular complexity index is 434. The molecule has 2 heterocycles. The molecule has 5 nitrogen and oxygen atoms in total. The lowest BCUT2D eigenvalue weighted by atomic mass is 10.2. The van der Waals surface area contributed by atoms with Crippen LogP contribution in [0.2, 0.25) is 0 Å². The Morgan fingerprint density at radius 3 is 2.76 bits per heavy atom. The lowest BCUT2D eigenvalue weighted by molar-refractivity contribution is -0.135. The molecule has 0 radical (unpaired) electrons. The Kier molecular flexibility index (Phi) is 4.93. The number of furan rings is 1. The van der Waals surface area contributed by atoms with Gasteiger partial charge < -0.3 is 14.6 Å². The van der Waals surface area contributed by atoms with Crippen molar-refractivity contribution < 1.29 is 9.21 Å². The smallest absolute Gasteiger partial charge is 0.237 e. The van der Waals surface area contributed by atoms with Crippen molar-refractivity contribution in [3.05, 3.63) is 24.2 Å². The molecule has 3 rings (SSSR count). The largest absolute Gasteiger partial charge is 0.467 e. The van der Waals surface area contributed by atoms with Crippen LogP contribution >= 0.6 is 0 Å². The van der Waals surface area contributed by atoms with Crippen molar-refractivity contribution in [1.29, 1.82) is 0 Å². The molecule has 5 heteroatoms.